The molecule has 0 N–H and O–H groups in total. The van der Waals surface area contributed by atoms with Crippen LogP contribution in [-0.4, -0.2) is 39.4 Å². The third-order valence-electron chi connectivity index (χ3n) is 4.05. The second kappa shape index (κ2) is 5.96. The Hall–Kier alpha value is -2.89. The molecular weight excluding hydrogens is 310 g/mol. The Morgan fingerprint density at radius 3 is 2.71 bits per heavy atom. The molecule has 0 unspecified atom stereocenters. The molecule has 0 bridgehead atoms. The standard InChI is InChI=1S/C18H17NO5/c1-21-15-10-12(11-16-17(15)24-9-8-23-16)18(20)19-6-7-22-14-5-3-2-4-13(14)19/h2-5,10-11H,6-9H2,1H3. The van der Waals surface area contributed by atoms with Crippen LogP contribution in [0.1, 0.15) is 10.4 Å². The van der Waals surface area contributed by atoms with Gasteiger partial charge in [-0.2, -0.15) is 0 Å². The molecule has 0 saturated heterocycles. The molecule has 0 aliphatic carbocycles. The van der Waals surface area contributed by atoms with Gasteiger partial charge < -0.3 is 23.8 Å². The minimum atomic E-state index is -0.124. The van der Waals surface area contributed by atoms with E-state index in [1.807, 2.05) is 24.3 Å². The number of ether oxygens (including phenoxy) is 4. The fourth-order valence-electron chi connectivity index (χ4n) is 2.93. The third-order valence-corrected chi connectivity index (χ3v) is 4.05. The minimum Gasteiger partial charge on any atom is -0.493 e. The number of hydrogen-bond donors (Lipinski definition) is 0. The van der Waals surface area contributed by atoms with Gasteiger partial charge in [-0.05, 0) is 24.3 Å². The predicted octanol–water partition coefficient (Wildman–Crippen LogP) is 2.51. The van der Waals surface area contributed by atoms with E-state index in [0.717, 1.165) is 5.69 Å². The molecule has 0 fully saturated rings. The van der Waals surface area contributed by atoms with Gasteiger partial charge in [0.05, 0.1) is 19.3 Å². The lowest BCUT2D eigenvalue weighted by Gasteiger charge is -2.30. The lowest BCUT2D eigenvalue weighted by atomic mass is 10.1. The molecule has 1 amide bonds. The zero-order chi connectivity index (χ0) is 16.5. The second-order valence-electron chi connectivity index (χ2n) is 5.48. The van der Waals surface area contributed by atoms with E-state index >= 15 is 0 Å². The van der Waals surface area contributed by atoms with E-state index in [2.05, 4.69) is 0 Å². The number of para-hydroxylation sites is 2. The maximum absolute atomic E-state index is 13.0. The highest BCUT2D eigenvalue weighted by molar-refractivity contribution is 6.07. The number of anilines is 1. The van der Waals surface area contributed by atoms with Crippen LogP contribution in [0, 0.1) is 0 Å². The maximum atomic E-state index is 13.0. The Morgan fingerprint density at radius 2 is 1.83 bits per heavy atom. The first-order valence-corrected chi connectivity index (χ1v) is 7.79. The molecule has 6 heteroatoms. The number of rotatable bonds is 2. The van der Waals surface area contributed by atoms with Gasteiger partial charge in [0.25, 0.3) is 5.91 Å². The maximum Gasteiger partial charge on any atom is 0.258 e. The Morgan fingerprint density at radius 1 is 1.04 bits per heavy atom. The van der Waals surface area contributed by atoms with Crippen LogP contribution in [0.4, 0.5) is 5.69 Å². The first-order chi connectivity index (χ1) is 11.8. The molecule has 2 aromatic rings. The van der Waals surface area contributed by atoms with E-state index in [-0.39, 0.29) is 5.91 Å². The summed E-state index contributed by atoms with van der Waals surface area (Å²) in [6.07, 6.45) is 0. The molecule has 6 nitrogen and oxygen atoms in total. The van der Waals surface area contributed by atoms with Gasteiger partial charge in [0, 0.05) is 5.56 Å². The van der Waals surface area contributed by atoms with Crippen molar-refractivity contribution in [2.24, 2.45) is 0 Å². The van der Waals surface area contributed by atoms with Crippen molar-refractivity contribution >= 4 is 11.6 Å². The highest BCUT2D eigenvalue weighted by Crippen LogP contribution is 2.41. The van der Waals surface area contributed by atoms with Gasteiger partial charge in [-0.1, -0.05) is 12.1 Å². The number of nitrogens with zero attached hydrogens (tertiary/aromatic N) is 1. The molecule has 2 aliphatic heterocycles. The van der Waals surface area contributed by atoms with Crippen molar-refractivity contribution in [2.45, 2.75) is 0 Å². The molecule has 0 radical (unpaired) electrons. The third kappa shape index (κ3) is 2.40. The normalized spacial score (nSPS) is 15.3. The summed E-state index contributed by atoms with van der Waals surface area (Å²) in [7, 11) is 1.55. The molecular formula is C18H17NO5. The van der Waals surface area contributed by atoms with Gasteiger partial charge in [-0.25, -0.2) is 0 Å². The Bertz CT molecular complexity index is 772. The average molecular weight is 327 g/mol. The summed E-state index contributed by atoms with van der Waals surface area (Å²) in [6.45, 7) is 1.87. The lowest BCUT2D eigenvalue weighted by molar-refractivity contribution is 0.0974. The van der Waals surface area contributed by atoms with Crippen molar-refractivity contribution in [3.8, 4) is 23.0 Å². The van der Waals surface area contributed by atoms with Crippen LogP contribution in [0.25, 0.3) is 0 Å². The average Bonchev–Trinajstić information content (AvgIpc) is 2.66. The van der Waals surface area contributed by atoms with Gasteiger partial charge in [0.15, 0.2) is 11.5 Å². The van der Waals surface area contributed by atoms with Crippen LogP contribution in [0.3, 0.4) is 0 Å². The zero-order valence-corrected chi connectivity index (χ0v) is 13.3. The smallest absolute Gasteiger partial charge is 0.258 e. The highest BCUT2D eigenvalue weighted by Gasteiger charge is 2.27. The highest BCUT2D eigenvalue weighted by atomic mass is 16.6. The molecule has 0 spiro atoms. The van der Waals surface area contributed by atoms with Crippen molar-refractivity contribution in [1.29, 1.82) is 0 Å². The van der Waals surface area contributed by atoms with E-state index < -0.39 is 0 Å². The Kier molecular flexibility index (Phi) is 3.65. The summed E-state index contributed by atoms with van der Waals surface area (Å²) < 4.78 is 22.2. The van der Waals surface area contributed by atoms with Crippen LogP contribution in [0.2, 0.25) is 0 Å². The van der Waals surface area contributed by atoms with Crippen LogP contribution in [0.15, 0.2) is 36.4 Å². The molecule has 0 atom stereocenters. The fourth-order valence-corrected chi connectivity index (χ4v) is 2.93. The number of carbonyl (C=O) groups excluding carboxylic acids is 1. The summed E-state index contributed by atoms with van der Waals surface area (Å²) in [4.78, 5) is 14.7. The minimum absolute atomic E-state index is 0.124. The molecule has 0 saturated carbocycles. The summed E-state index contributed by atoms with van der Waals surface area (Å²) in [5.74, 6) is 2.16. The number of benzene rings is 2. The van der Waals surface area contributed by atoms with Gasteiger partial charge >= 0.3 is 0 Å². The SMILES string of the molecule is COc1cc(C(=O)N2CCOc3ccccc32)cc2c1OCCO2. The first-order valence-electron chi connectivity index (χ1n) is 7.79. The quantitative estimate of drug-likeness (QED) is 0.848. The Balaban J connectivity index is 1.73. The second-order valence-corrected chi connectivity index (χ2v) is 5.48. The van der Waals surface area contributed by atoms with Gasteiger partial charge in [0.2, 0.25) is 5.75 Å². The summed E-state index contributed by atoms with van der Waals surface area (Å²) >= 11 is 0. The van der Waals surface area contributed by atoms with Crippen molar-refractivity contribution in [3.63, 3.8) is 0 Å². The predicted molar refractivity (Wildman–Crippen MR) is 87.6 cm³/mol. The molecule has 124 valence electrons. The van der Waals surface area contributed by atoms with E-state index in [1.165, 1.54) is 0 Å². The van der Waals surface area contributed by atoms with E-state index in [4.69, 9.17) is 18.9 Å². The number of amides is 1. The van der Waals surface area contributed by atoms with Gasteiger partial charge in [-0.15, -0.1) is 0 Å². The van der Waals surface area contributed by atoms with Crippen LogP contribution < -0.4 is 23.8 Å². The van der Waals surface area contributed by atoms with Crippen molar-refractivity contribution in [3.05, 3.63) is 42.0 Å². The largest absolute Gasteiger partial charge is 0.493 e. The topological polar surface area (TPSA) is 57.2 Å². The number of fused-ring (bicyclic) bond motifs is 2. The lowest BCUT2D eigenvalue weighted by Crippen LogP contribution is -2.38. The van der Waals surface area contributed by atoms with Crippen molar-refractivity contribution < 1.29 is 23.7 Å². The summed E-state index contributed by atoms with van der Waals surface area (Å²) in [6, 6.07) is 10.9. The number of hydrogen-bond acceptors (Lipinski definition) is 5. The van der Waals surface area contributed by atoms with Crippen molar-refractivity contribution in [2.75, 3.05) is 38.4 Å². The fraction of sp³-hybridized carbons (Fsp3) is 0.278. The van der Waals surface area contributed by atoms with Crippen molar-refractivity contribution in [1.82, 2.24) is 0 Å². The van der Waals surface area contributed by atoms with Gasteiger partial charge in [-0.3, -0.25) is 4.79 Å². The first kappa shape index (κ1) is 14.7. The molecule has 2 aliphatic rings. The van der Waals surface area contributed by atoms with E-state index in [9.17, 15) is 4.79 Å². The monoisotopic (exact) mass is 327 g/mol. The van der Waals surface area contributed by atoms with Crippen LogP contribution in [0.5, 0.6) is 23.0 Å². The van der Waals surface area contributed by atoms with E-state index in [0.29, 0.717) is 54.9 Å². The molecule has 2 heterocycles. The number of carbonyl (C=O) groups is 1. The van der Waals surface area contributed by atoms with E-state index in [1.54, 1.807) is 24.1 Å². The van der Waals surface area contributed by atoms with Gasteiger partial charge in [0.1, 0.15) is 25.6 Å². The van der Waals surface area contributed by atoms with Crippen LogP contribution >= 0.6 is 0 Å². The zero-order valence-electron chi connectivity index (χ0n) is 13.3. The molecule has 0 aromatic heterocycles. The Labute approximate surface area is 139 Å². The number of methoxy groups -OCH3 is 1. The molecule has 2 aromatic carbocycles. The summed E-state index contributed by atoms with van der Waals surface area (Å²) in [5.41, 5.74) is 1.26. The van der Waals surface area contributed by atoms with Crippen LogP contribution in [-0.2, 0) is 0 Å². The molecule has 4 rings (SSSR count). The molecule has 24 heavy (non-hydrogen) atoms. The summed E-state index contributed by atoms with van der Waals surface area (Å²) in [5, 5.41) is 0.